The summed E-state index contributed by atoms with van der Waals surface area (Å²) in [5.41, 5.74) is 2.63. The fourth-order valence-electron chi connectivity index (χ4n) is 2.32. The minimum absolute atomic E-state index is 0.0364. The first-order chi connectivity index (χ1) is 9.88. The van der Waals surface area contributed by atoms with Crippen LogP contribution in [0.5, 0.6) is 0 Å². The van der Waals surface area contributed by atoms with Crippen molar-refractivity contribution in [3.05, 3.63) is 40.1 Å². The number of fused-ring (bicyclic) bond motifs is 1. The van der Waals surface area contributed by atoms with E-state index in [9.17, 15) is 10.1 Å². The molecule has 0 bridgehead atoms. The van der Waals surface area contributed by atoms with Gasteiger partial charge in [-0.3, -0.25) is 15.1 Å². The fourth-order valence-corrected chi connectivity index (χ4v) is 2.32. The molecule has 112 valence electrons. The van der Waals surface area contributed by atoms with E-state index in [0.29, 0.717) is 0 Å². The van der Waals surface area contributed by atoms with Crippen molar-refractivity contribution in [1.29, 1.82) is 0 Å². The Bertz CT molecular complexity index is 679. The highest BCUT2D eigenvalue weighted by atomic mass is 16.6. The number of aryl methyl sites for hydroxylation is 1. The van der Waals surface area contributed by atoms with E-state index in [1.165, 1.54) is 6.07 Å². The zero-order valence-electron chi connectivity index (χ0n) is 12.9. The van der Waals surface area contributed by atoms with E-state index in [4.69, 9.17) is 0 Å². The van der Waals surface area contributed by atoms with E-state index >= 15 is 0 Å². The Morgan fingerprint density at radius 2 is 1.95 bits per heavy atom. The second-order valence-corrected chi connectivity index (χ2v) is 5.66. The lowest BCUT2D eigenvalue weighted by Crippen LogP contribution is -2.33. The summed E-state index contributed by atoms with van der Waals surface area (Å²) in [4.78, 5) is 15.1. The summed E-state index contributed by atoms with van der Waals surface area (Å²) in [5.74, 6) is 0. The first-order valence-corrected chi connectivity index (χ1v) is 7.22. The van der Waals surface area contributed by atoms with Crippen molar-refractivity contribution in [2.24, 2.45) is 0 Å². The molecule has 0 amide bonds. The highest BCUT2D eigenvalue weighted by Gasteiger charge is 2.21. The van der Waals surface area contributed by atoms with E-state index in [1.54, 1.807) is 12.1 Å². The van der Waals surface area contributed by atoms with Crippen molar-refractivity contribution in [2.45, 2.75) is 46.1 Å². The fraction of sp³-hybridized carbons (Fsp3) is 0.438. The van der Waals surface area contributed by atoms with Gasteiger partial charge in [0.1, 0.15) is 0 Å². The maximum atomic E-state index is 11.0. The molecule has 1 aromatic heterocycles. The van der Waals surface area contributed by atoms with Crippen molar-refractivity contribution < 1.29 is 4.92 Å². The number of rotatable bonds is 5. The summed E-state index contributed by atoms with van der Waals surface area (Å²) in [5, 5.41) is 15.3. The lowest BCUT2D eigenvalue weighted by atomic mass is 9.94. The van der Waals surface area contributed by atoms with Crippen LogP contribution in [0.2, 0.25) is 0 Å². The van der Waals surface area contributed by atoms with Crippen LogP contribution >= 0.6 is 0 Å². The van der Waals surface area contributed by atoms with Crippen LogP contribution in [-0.2, 0) is 0 Å². The van der Waals surface area contributed by atoms with Crippen LogP contribution in [0.25, 0.3) is 10.9 Å². The second kappa shape index (κ2) is 5.68. The molecule has 5 nitrogen and oxygen atoms in total. The van der Waals surface area contributed by atoms with Gasteiger partial charge in [0.25, 0.3) is 5.69 Å². The SMILES string of the molecule is CCC(C)(CC)Nc1cc(C)nc2ccc([N+](=O)[O-])cc12. The van der Waals surface area contributed by atoms with Gasteiger partial charge >= 0.3 is 0 Å². The third-order valence-corrected chi connectivity index (χ3v) is 4.13. The zero-order chi connectivity index (χ0) is 15.6. The Morgan fingerprint density at radius 3 is 2.52 bits per heavy atom. The second-order valence-electron chi connectivity index (χ2n) is 5.66. The summed E-state index contributed by atoms with van der Waals surface area (Å²) in [6.07, 6.45) is 1.95. The molecule has 0 aliphatic rings. The molecule has 0 saturated heterocycles. The number of hydrogen-bond acceptors (Lipinski definition) is 4. The Morgan fingerprint density at radius 1 is 1.29 bits per heavy atom. The lowest BCUT2D eigenvalue weighted by Gasteiger charge is -2.30. The van der Waals surface area contributed by atoms with Gasteiger partial charge in [0.15, 0.2) is 0 Å². The largest absolute Gasteiger partial charge is 0.379 e. The van der Waals surface area contributed by atoms with Crippen molar-refractivity contribution >= 4 is 22.3 Å². The quantitative estimate of drug-likeness (QED) is 0.652. The molecule has 0 saturated carbocycles. The number of nitrogens with zero attached hydrogens (tertiary/aromatic N) is 2. The molecule has 1 aromatic carbocycles. The van der Waals surface area contributed by atoms with Crippen LogP contribution in [0, 0.1) is 17.0 Å². The molecule has 0 radical (unpaired) electrons. The molecule has 0 aliphatic heterocycles. The first-order valence-electron chi connectivity index (χ1n) is 7.22. The molecule has 1 heterocycles. The number of non-ortho nitro benzene ring substituents is 1. The summed E-state index contributed by atoms with van der Waals surface area (Å²) in [6.45, 7) is 8.36. The van der Waals surface area contributed by atoms with Crippen LogP contribution in [0.3, 0.4) is 0 Å². The number of aromatic nitrogens is 1. The molecule has 21 heavy (non-hydrogen) atoms. The number of anilines is 1. The summed E-state index contributed by atoms with van der Waals surface area (Å²) in [6, 6.07) is 6.75. The standard InChI is InChI=1S/C16H21N3O2/c1-5-16(4,6-2)18-15-9-11(3)17-14-8-7-12(19(20)21)10-13(14)15/h7-10H,5-6H2,1-4H3,(H,17,18). The molecule has 5 heteroatoms. The monoisotopic (exact) mass is 287 g/mol. The van der Waals surface area contributed by atoms with Crippen molar-refractivity contribution in [2.75, 3.05) is 5.32 Å². The van der Waals surface area contributed by atoms with Gasteiger partial charge < -0.3 is 5.32 Å². The number of pyridine rings is 1. The Kier molecular flexibility index (Phi) is 4.11. The molecule has 1 N–H and O–H groups in total. The van der Waals surface area contributed by atoms with Gasteiger partial charge in [-0.25, -0.2) is 0 Å². The van der Waals surface area contributed by atoms with E-state index in [2.05, 4.69) is 31.1 Å². The predicted molar refractivity (Wildman–Crippen MR) is 85.7 cm³/mol. The van der Waals surface area contributed by atoms with E-state index in [1.807, 2.05) is 13.0 Å². The number of nitro benzene ring substituents is 1. The van der Waals surface area contributed by atoms with Crippen molar-refractivity contribution in [3.8, 4) is 0 Å². The van der Waals surface area contributed by atoms with Gasteiger partial charge in [0, 0.05) is 34.4 Å². The number of hydrogen-bond donors (Lipinski definition) is 1. The molecule has 2 aromatic rings. The zero-order valence-corrected chi connectivity index (χ0v) is 12.9. The van der Waals surface area contributed by atoms with Crippen molar-refractivity contribution in [1.82, 2.24) is 4.98 Å². The molecular weight excluding hydrogens is 266 g/mol. The van der Waals surface area contributed by atoms with Gasteiger partial charge in [-0.05, 0) is 38.8 Å². The smallest absolute Gasteiger partial charge is 0.270 e. The highest BCUT2D eigenvalue weighted by molar-refractivity contribution is 5.93. The molecule has 0 fully saturated rings. The van der Waals surface area contributed by atoms with Crippen LogP contribution in [0.4, 0.5) is 11.4 Å². The maximum absolute atomic E-state index is 11.0. The summed E-state index contributed by atoms with van der Waals surface area (Å²) < 4.78 is 0. The van der Waals surface area contributed by atoms with Gasteiger partial charge in [-0.15, -0.1) is 0 Å². The minimum atomic E-state index is -0.373. The number of nitrogens with one attached hydrogen (secondary N) is 1. The van der Waals surface area contributed by atoms with Gasteiger partial charge in [-0.1, -0.05) is 13.8 Å². The minimum Gasteiger partial charge on any atom is -0.379 e. The molecule has 0 spiro atoms. The van der Waals surface area contributed by atoms with Crippen LogP contribution in [-0.4, -0.2) is 15.4 Å². The average Bonchev–Trinajstić information content (AvgIpc) is 2.46. The third-order valence-electron chi connectivity index (χ3n) is 4.13. The van der Waals surface area contributed by atoms with Gasteiger partial charge in [0.2, 0.25) is 0 Å². The lowest BCUT2D eigenvalue weighted by molar-refractivity contribution is -0.384. The van der Waals surface area contributed by atoms with Gasteiger partial charge in [0.05, 0.1) is 10.4 Å². The van der Waals surface area contributed by atoms with Gasteiger partial charge in [-0.2, -0.15) is 0 Å². The van der Waals surface area contributed by atoms with Crippen LogP contribution < -0.4 is 5.32 Å². The van der Waals surface area contributed by atoms with Crippen LogP contribution in [0.1, 0.15) is 39.3 Å². The predicted octanol–water partition coefficient (Wildman–Crippen LogP) is 4.44. The number of nitro groups is 1. The first kappa shape index (κ1) is 15.2. The third kappa shape index (κ3) is 3.12. The number of benzene rings is 1. The van der Waals surface area contributed by atoms with E-state index in [0.717, 1.165) is 35.1 Å². The van der Waals surface area contributed by atoms with E-state index < -0.39 is 0 Å². The molecule has 0 aliphatic carbocycles. The molecule has 0 unspecified atom stereocenters. The Balaban J connectivity index is 2.60. The topological polar surface area (TPSA) is 68.1 Å². The summed E-state index contributed by atoms with van der Waals surface area (Å²) >= 11 is 0. The highest BCUT2D eigenvalue weighted by Crippen LogP contribution is 2.30. The average molecular weight is 287 g/mol. The van der Waals surface area contributed by atoms with Crippen LogP contribution in [0.15, 0.2) is 24.3 Å². The summed E-state index contributed by atoms with van der Waals surface area (Å²) in [7, 11) is 0. The molecular formula is C16H21N3O2. The Hall–Kier alpha value is -2.17. The Labute approximate surface area is 124 Å². The maximum Gasteiger partial charge on any atom is 0.270 e. The molecule has 0 atom stereocenters. The van der Waals surface area contributed by atoms with E-state index in [-0.39, 0.29) is 16.1 Å². The van der Waals surface area contributed by atoms with Crippen molar-refractivity contribution in [3.63, 3.8) is 0 Å². The normalized spacial score (nSPS) is 11.6. The molecule has 2 rings (SSSR count).